The summed E-state index contributed by atoms with van der Waals surface area (Å²) in [6.07, 6.45) is 5.58. The fourth-order valence-corrected chi connectivity index (χ4v) is 3.71. The Bertz CT molecular complexity index is 933. The van der Waals surface area contributed by atoms with Crippen molar-refractivity contribution in [3.05, 3.63) is 54.2 Å². The minimum absolute atomic E-state index is 0.0797. The molecule has 134 valence electrons. The predicted molar refractivity (Wildman–Crippen MR) is 100 cm³/mol. The van der Waals surface area contributed by atoms with Crippen molar-refractivity contribution < 1.29 is 4.79 Å². The van der Waals surface area contributed by atoms with Gasteiger partial charge in [-0.2, -0.15) is 0 Å². The lowest BCUT2D eigenvalue weighted by Crippen LogP contribution is -2.39. The van der Waals surface area contributed by atoms with Gasteiger partial charge < -0.3 is 9.47 Å². The molecule has 1 aliphatic heterocycles. The Hall–Kier alpha value is -2.76. The Labute approximate surface area is 152 Å². The van der Waals surface area contributed by atoms with Gasteiger partial charge in [0.05, 0.1) is 5.52 Å². The van der Waals surface area contributed by atoms with Gasteiger partial charge in [0.2, 0.25) is 0 Å². The van der Waals surface area contributed by atoms with E-state index in [1.165, 1.54) is 0 Å². The molecule has 1 saturated heterocycles. The maximum atomic E-state index is 13.0. The second kappa shape index (κ2) is 6.86. The summed E-state index contributed by atoms with van der Waals surface area (Å²) in [6.45, 7) is 5.73. The van der Waals surface area contributed by atoms with Gasteiger partial charge in [0.25, 0.3) is 5.91 Å². The molecule has 0 radical (unpaired) electrons. The Morgan fingerprint density at radius 3 is 3.00 bits per heavy atom. The first-order valence-corrected chi connectivity index (χ1v) is 9.17. The standard InChI is InChI=1S/C20H23N5O/c1-14(2)25-13-22-23-19(25)17-6-4-10-24(12-17)20(26)16-7-8-18-15(11-16)5-3-9-21-18/h3,5,7-9,11,13-14,17H,4,6,10,12H2,1-2H3/t17-/m1/s1. The van der Waals surface area contributed by atoms with Gasteiger partial charge in [0.1, 0.15) is 12.2 Å². The van der Waals surface area contributed by atoms with Crippen molar-refractivity contribution in [2.24, 2.45) is 0 Å². The minimum Gasteiger partial charge on any atom is -0.338 e. The van der Waals surface area contributed by atoms with Crippen molar-refractivity contribution in [2.75, 3.05) is 13.1 Å². The van der Waals surface area contributed by atoms with Crippen LogP contribution in [0.15, 0.2) is 42.9 Å². The quantitative estimate of drug-likeness (QED) is 0.727. The van der Waals surface area contributed by atoms with Crippen LogP contribution in [0.3, 0.4) is 0 Å². The normalized spacial score (nSPS) is 17.8. The van der Waals surface area contributed by atoms with Gasteiger partial charge in [0.15, 0.2) is 0 Å². The molecule has 1 fully saturated rings. The number of piperidine rings is 1. The second-order valence-corrected chi connectivity index (χ2v) is 7.19. The molecule has 3 heterocycles. The number of amides is 1. The van der Waals surface area contributed by atoms with Gasteiger partial charge in [-0.25, -0.2) is 0 Å². The molecule has 1 aromatic carbocycles. The van der Waals surface area contributed by atoms with Crippen LogP contribution in [0.1, 0.15) is 54.8 Å². The zero-order valence-electron chi connectivity index (χ0n) is 15.2. The van der Waals surface area contributed by atoms with E-state index in [0.29, 0.717) is 12.6 Å². The molecule has 6 nitrogen and oxygen atoms in total. The number of carbonyl (C=O) groups excluding carboxylic acids is 1. The highest BCUT2D eigenvalue weighted by molar-refractivity contribution is 5.98. The first-order valence-electron chi connectivity index (χ1n) is 9.17. The van der Waals surface area contributed by atoms with Crippen LogP contribution in [-0.2, 0) is 0 Å². The zero-order valence-corrected chi connectivity index (χ0v) is 15.2. The van der Waals surface area contributed by atoms with Crippen molar-refractivity contribution in [1.82, 2.24) is 24.6 Å². The molecule has 6 heteroatoms. The molecule has 1 aliphatic rings. The molecule has 4 rings (SSSR count). The summed E-state index contributed by atoms with van der Waals surface area (Å²) in [4.78, 5) is 19.3. The fraction of sp³-hybridized carbons (Fsp3) is 0.400. The lowest BCUT2D eigenvalue weighted by atomic mass is 9.96. The van der Waals surface area contributed by atoms with Crippen molar-refractivity contribution >= 4 is 16.8 Å². The number of aromatic nitrogens is 4. The van der Waals surface area contributed by atoms with E-state index in [4.69, 9.17) is 0 Å². The van der Waals surface area contributed by atoms with E-state index in [2.05, 4.69) is 33.6 Å². The highest BCUT2D eigenvalue weighted by atomic mass is 16.2. The fourth-order valence-electron chi connectivity index (χ4n) is 3.71. The summed E-state index contributed by atoms with van der Waals surface area (Å²) < 4.78 is 2.11. The van der Waals surface area contributed by atoms with Gasteiger partial charge >= 0.3 is 0 Å². The maximum absolute atomic E-state index is 13.0. The highest BCUT2D eigenvalue weighted by Gasteiger charge is 2.29. The first kappa shape index (κ1) is 16.7. The lowest BCUT2D eigenvalue weighted by molar-refractivity contribution is 0.0703. The molecule has 0 N–H and O–H groups in total. The summed E-state index contributed by atoms with van der Waals surface area (Å²) in [5, 5.41) is 9.41. The van der Waals surface area contributed by atoms with E-state index < -0.39 is 0 Å². The van der Waals surface area contributed by atoms with Crippen LogP contribution >= 0.6 is 0 Å². The molecular weight excluding hydrogens is 326 g/mol. The van der Waals surface area contributed by atoms with E-state index in [9.17, 15) is 4.79 Å². The summed E-state index contributed by atoms with van der Waals surface area (Å²) in [5.74, 6) is 1.30. The number of benzene rings is 1. The third kappa shape index (κ3) is 3.07. The molecule has 0 unspecified atom stereocenters. The largest absolute Gasteiger partial charge is 0.338 e. The van der Waals surface area contributed by atoms with Crippen LogP contribution in [0.25, 0.3) is 10.9 Å². The van der Waals surface area contributed by atoms with Crippen molar-refractivity contribution in [1.29, 1.82) is 0 Å². The number of nitrogens with zero attached hydrogens (tertiary/aromatic N) is 5. The molecule has 2 aromatic heterocycles. The third-order valence-electron chi connectivity index (χ3n) is 5.08. The number of hydrogen-bond donors (Lipinski definition) is 0. The van der Waals surface area contributed by atoms with Crippen LogP contribution in [0.5, 0.6) is 0 Å². The number of hydrogen-bond acceptors (Lipinski definition) is 4. The Morgan fingerprint density at radius 2 is 2.15 bits per heavy atom. The zero-order chi connectivity index (χ0) is 18.1. The van der Waals surface area contributed by atoms with Crippen molar-refractivity contribution in [3.8, 4) is 0 Å². The van der Waals surface area contributed by atoms with Gasteiger partial charge in [-0.15, -0.1) is 10.2 Å². The topological polar surface area (TPSA) is 63.9 Å². The monoisotopic (exact) mass is 349 g/mol. The summed E-state index contributed by atoms with van der Waals surface area (Å²) in [7, 11) is 0. The average molecular weight is 349 g/mol. The smallest absolute Gasteiger partial charge is 0.253 e. The van der Waals surface area contributed by atoms with Gasteiger partial charge in [0, 0.05) is 42.2 Å². The van der Waals surface area contributed by atoms with E-state index in [0.717, 1.165) is 41.7 Å². The highest BCUT2D eigenvalue weighted by Crippen LogP contribution is 2.28. The van der Waals surface area contributed by atoms with Crippen molar-refractivity contribution in [2.45, 2.75) is 38.6 Å². The first-order chi connectivity index (χ1) is 12.6. The minimum atomic E-state index is 0.0797. The number of rotatable bonds is 3. The van der Waals surface area contributed by atoms with Crippen LogP contribution < -0.4 is 0 Å². The summed E-state index contributed by atoms with van der Waals surface area (Å²) >= 11 is 0. The van der Waals surface area contributed by atoms with Gasteiger partial charge in [-0.1, -0.05) is 6.07 Å². The predicted octanol–water partition coefficient (Wildman–Crippen LogP) is 3.43. The molecule has 0 saturated carbocycles. The molecule has 0 bridgehead atoms. The average Bonchev–Trinajstić information content (AvgIpc) is 3.17. The number of likely N-dealkylation sites (tertiary alicyclic amines) is 1. The molecule has 0 spiro atoms. The lowest BCUT2D eigenvalue weighted by Gasteiger charge is -2.33. The molecule has 0 aliphatic carbocycles. The molecule has 1 amide bonds. The summed E-state index contributed by atoms with van der Waals surface area (Å²) in [6, 6.07) is 9.93. The Balaban J connectivity index is 1.56. The van der Waals surface area contributed by atoms with Gasteiger partial charge in [-0.05, 0) is 51.0 Å². The summed E-state index contributed by atoms with van der Waals surface area (Å²) in [5.41, 5.74) is 1.63. The molecule has 1 atom stereocenters. The maximum Gasteiger partial charge on any atom is 0.253 e. The van der Waals surface area contributed by atoms with E-state index in [-0.39, 0.29) is 11.8 Å². The van der Waals surface area contributed by atoms with E-state index in [1.807, 2.05) is 35.2 Å². The van der Waals surface area contributed by atoms with E-state index >= 15 is 0 Å². The van der Waals surface area contributed by atoms with Crippen LogP contribution in [0.2, 0.25) is 0 Å². The van der Waals surface area contributed by atoms with Crippen molar-refractivity contribution in [3.63, 3.8) is 0 Å². The SMILES string of the molecule is CC(C)n1cnnc1[C@@H]1CCCN(C(=O)c2ccc3ncccc3c2)C1. The molecule has 26 heavy (non-hydrogen) atoms. The molecular formula is C20H23N5O. The number of pyridine rings is 1. The van der Waals surface area contributed by atoms with Crippen LogP contribution in [0.4, 0.5) is 0 Å². The van der Waals surface area contributed by atoms with E-state index in [1.54, 1.807) is 12.5 Å². The second-order valence-electron chi connectivity index (χ2n) is 7.19. The molecule has 3 aromatic rings. The number of carbonyl (C=O) groups is 1. The van der Waals surface area contributed by atoms with Crippen LogP contribution in [-0.4, -0.2) is 43.6 Å². The van der Waals surface area contributed by atoms with Crippen LogP contribution in [0, 0.1) is 0 Å². The Morgan fingerprint density at radius 1 is 1.27 bits per heavy atom. The Kier molecular flexibility index (Phi) is 4.41. The van der Waals surface area contributed by atoms with Gasteiger partial charge in [-0.3, -0.25) is 9.78 Å². The third-order valence-corrected chi connectivity index (χ3v) is 5.08. The number of fused-ring (bicyclic) bond motifs is 1.